The van der Waals surface area contributed by atoms with E-state index in [1.54, 1.807) is 12.1 Å². The van der Waals surface area contributed by atoms with Gasteiger partial charge in [-0.3, -0.25) is 4.79 Å². The van der Waals surface area contributed by atoms with Gasteiger partial charge in [0.05, 0.1) is 0 Å². The van der Waals surface area contributed by atoms with Crippen molar-refractivity contribution in [1.82, 2.24) is 0 Å². The molecule has 5 nitrogen and oxygen atoms in total. The Bertz CT molecular complexity index is 683. The third-order valence-corrected chi connectivity index (χ3v) is 2.61. The number of hydrogen-bond acceptors (Lipinski definition) is 5. The van der Waals surface area contributed by atoms with Crippen LogP contribution >= 0.6 is 0 Å². The van der Waals surface area contributed by atoms with Crippen molar-refractivity contribution in [3.63, 3.8) is 0 Å². The summed E-state index contributed by atoms with van der Waals surface area (Å²) in [5.74, 6) is 0.801. The van der Waals surface area contributed by atoms with Gasteiger partial charge in [-0.05, 0) is 19.1 Å². The lowest BCUT2D eigenvalue weighted by molar-refractivity contribution is 0.101. The summed E-state index contributed by atoms with van der Waals surface area (Å²) in [7, 11) is 0. The standard InChI is InChI=1S/C12H8O5/c1-6(13)8-2-7-3-10-11(16-5-15-10)4-9(7)17-12(8)14/h2-4H,5H2,1H3. The second kappa shape index (κ2) is 3.35. The highest BCUT2D eigenvalue weighted by Gasteiger charge is 2.17. The maximum atomic E-state index is 11.5. The fourth-order valence-electron chi connectivity index (χ4n) is 1.75. The van der Waals surface area contributed by atoms with Crippen molar-refractivity contribution >= 4 is 16.8 Å². The highest BCUT2D eigenvalue weighted by molar-refractivity contribution is 5.96. The van der Waals surface area contributed by atoms with Gasteiger partial charge in [0.25, 0.3) is 0 Å². The second-order valence-electron chi connectivity index (χ2n) is 3.75. The Labute approximate surface area is 95.6 Å². The fraction of sp³-hybridized carbons (Fsp3) is 0.167. The lowest BCUT2D eigenvalue weighted by Crippen LogP contribution is -2.10. The minimum absolute atomic E-state index is 0.0383. The van der Waals surface area contributed by atoms with E-state index in [1.807, 2.05) is 0 Å². The van der Waals surface area contributed by atoms with Crippen molar-refractivity contribution in [2.45, 2.75) is 6.92 Å². The van der Waals surface area contributed by atoms with Gasteiger partial charge >= 0.3 is 5.63 Å². The van der Waals surface area contributed by atoms with Gasteiger partial charge in [-0.15, -0.1) is 0 Å². The normalized spacial score (nSPS) is 13.0. The molecule has 2 heterocycles. The van der Waals surface area contributed by atoms with Gasteiger partial charge in [-0.1, -0.05) is 0 Å². The van der Waals surface area contributed by atoms with Crippen molar-refractivity contribution in [3.05, 3.63) is 34.2 Å². The van der Waals surface area contributed by atoms with Gasteiger partial charge in [0.2, 0.25) is 6.79 Å². The Morgan fingerprint density at radius 3 is 2.59 bits per heavy atom. The summed E-state index contributed by atoms with van der Waals surface area (Å²) >= 11 is 0. The first-order valence-corrected chi connectivity index (χ1v) is 5.03. The van der Waals surface area contributed by atoms with Gasteiger partial charge in [0.1, 0.15) is 11.1 Å². The number of rotatable bonds is 1. The zero-order chi connectivity index (χ0) is 12.0. The molecule has 0 unspecified atom stereocenters. The lowest BCUT2D eigenvalue weighted by atomic mass is 10.1. The van der Waals surface area contributed by atoms with Crippen LogP contribution < -0.4 is 15.1 Å². The van der Waals surface area contributed by atoms with E-state index in [-0.39, 0.29) is 18.1 Å². The summed E-state index contributed by atoms with van der Waals surface area (Å²) < 4.78 is 15.5. The molecule has 0 saturated heterocycles. The van der Waals surface area contributed by atoms with Crippen molar-refractivity contribution in [1.29, 1.82) is 0 Å². The molecule has 0 amide bonds. The molecule has 0 bridgehead atoms. The Morgan fingerprint density at radius 1 is 1.18 bits per heavy atom. The van der Waals surface area contributed by atoms with E-state index in [9.17, 15) is 9.59 Å². The van der Waals surface area contributed by atoms with Crippen molar-refractivity contribution in [3.8, 4) is 11.5 Å². The summed E-state index contributed by atoms with van der Waals surface area (Å²) in [6.07, 6.45) is 0. The number of hydrogen-bond donors (Lipinski definition) is 0. The molecule has 86 valence electrons. The predicted molar refractivity (Wildman–Crippen MR) is 58.6 cm³/mol. The van der Waals surface area contributed by atoms with E-state index in [0.29, 0.717) is 22.5 Å². The third-order valence-electron chi connectivity index (χ3n) is 2.61. The second-order valence-corrected chi connectivity index (χ2v) is 3.75. The fourth-order valence-corrected chi connectivity index (χ4v) is 1.75. The number of fused-ring (bicyclic) bond motifs is 2. The van der Waals surface area contributed by atoms with Crippen LogP contribution in [0.1, 0.15) is 17.3 Å². The average Bonchev–Trinajstić information content (AvgIpc) is 2.71. The molecule has 3 rings (SSSR count). The molecule has 1 aliphatic rings. The first-order chi connectivity index (χ1) is 8.15. The van der Waals surface area contributed by atoms with Gasteiger partial charge in [0.15, 0.2) is 17.3 Å². The molecular weight excluding hydrogens is 224 g/mol. The Balaban J connectivity index is 2.33. The molecule has 5 heteroatoms. The summed E-state index contributed by atoms with van der Waals surface area (Å²) in [6, 6.07) is 4.78. The number of ketones is 1. The van der Waals surface area contributed by atoms with E-state index >= 15 is 0 Å². The van der Waals surface area contributed by atoms with Gasteiger partial charge < -0.3 is 13.9 Å². The summed E-state index contributed by atoms with van der Waals surface area (Å²) in [5.41, 5.74) is -0.218. The molecule has 0 radical (unpaired) electrons. The Morgan fingerprint density at radius 2 is 1.88 bits per heavy atom. The van der Waals surface area contributed by atoms with Crippen LogP contribution in [0.3, 0.4) is 0 Å². The van der Waals surface area contributed by atoms with Gasteiger partial charge in [-0.2, -0.15) is 0 Å². The zero-order valence-electron chi connectivity index (χ0n) is 8.98. The van der Waals surface area contributed by atoms with Crippen LogP contribution in [-0.4, -0.2) is 12.6 Å². The van der Waals surface area contributed by atoms with Crippen LogP contribution in [0.25, 0.3) is 11.0 Å². The molecule has 0 atom stereocenters. The van der Waals surface area contributed by atoms with Gasteiger partial charge in [-0.25, -0.2) is 4.79 Å². The molecule has 0 spiro atoms. The number of benzene rings is 1. The van der Waals surface area contributed by atoms with E-state index in [1.165, 1.54) is 13.0 Å². The number of carbonyl (C=O) groups excluding carboxylic acids is 1. The van der Waals surface area contributed by atoms with Crippen LogP contribution in [0.15, 0.2) is 27.4 Å². The van der Waals surface area contributed by atoms with E-state index in [2.05, 4.69) is 0 Å². The highest BCUT2D eigenvalue weighted by atomic mass is 16.7. The SMILES string of the molecule is CC(=O)c1cc2cc3c(cc2oc1=O)OCO3. The summed E-state index contributed by atoms with van der Waals surface area (Å²) in [5, 5.41) is 0.638. The van der Waals surface area contributed by atoms with Crippen LogP contribution in [0.2, 0.25) is 0 Å². The van der Waals surface area contributed by atoms with E-state index in [4.69, 9.17) is 13.9 Å². The molecule has 0 aliphatic carbocycles. The van der Waals surface area contributed by atoms with Gasteiger partial charge in [0, 0.05) is 11.5 Å². The summed E-state index contributed by atoms with van der Waals surface area (Å²) in [4.78, 5) is 22.7. The first kappa shape index (κ1) is 9.89. The molecular formula is C12H8O5. The number of carbonyl (C=O) groups is 1. The molecule has 1 aromatic carbocycles. The van der Waals surface area contributed by atoms with Crippen molar-refractivity contribution in [2.75, 3.05) is 6.79 Å². The maximum absolute atomic E-state index is 11.5. The maximum Gasteiger partial charge on any atom is 0.347 e. The van der Waals surface area contributed by atoms with Crippen LogP contribution in [0, 0.1) is 0 Å². The van der Waals surface area contributed by atoms with E-state index < -0.39 is 5.63 Å². The third kappa shape index (κ3) is 1.47. The monoisotopic (exact) mass is 232 g/mol. The minimum Gasteiger partial charge on any atom is -0.454 e. The van der Waals surface area contributed by atoms with Crippen molar-refractivity contribution < 1.29 is 18.7 Å². The first-order valence-electron chi connectivity index (χ1n) is 5.03. The molecule has 1 aromatic heterocycles. The molecule has 0 N–H and O–H groups in total. The number of ether oxygens (including phenoxy) is 2. The minimum atomic E-state index is -0.635. The average molecular weight is 232 g/mol. The predicted octanol–water partition coefficient (Wildman–Crippen LogP) is 1.72. The Hall–Kier alpha value is -2.30. The smallest absolute Gasteiger partial charge is 0.347 e. The quantitative estimate of drug-likeness (QED) is 0.553. The lowest BCUT2D eigenvalue weighted by Gasteiger charge is -2.01. The van der Waals surface area contributed by atoms with Crippen LogP contribution in [-0.2, 0) is 0 Å². The topological polar surface area (TPSA) is 65.7 Å². The molecule has 17 heavy (non-hydrogen) atoms. The molecule has 0 saturated carbocycles. The summed E-state index contributed by atoms with van der Waals surface area (Å²) in [6.45, 7) is 1.47. The zero-order valence-corrected chi connectivity index (χ0v) is 8.98. The molecule has 1 aliphatic heterocycles. The van der Waals surface area contributed by atoms with E-state index in [0.717, 1.165) is 0 Å². The number of Topliss-reactive ketones (excluding diaryl/α,β-unsaturated/α-hetero) is 1. The van der Waals surface area contributed by atoms with Crippen LogP contribution in [0.5, 0.6) is 11.5 Å². The molecule has 2 aromatic rings. The largest absolute Gasteiger partial charge is 0.454 e. The van der Waals surface area contributed by atoms with Crippen molar-refractivity contribution in [2.24, 2.45) is 0 Å². The highest BCUT2D eigenvalue weighted by Crippen LogP contribution is 2.35. The molecule has 0 fully saturated rings. The van der Waals surface area contributed by atoms with Crippen LogP contribution in [0.4, 0.5) is 0 Å². The Kier molecular flexibility index (Phi) is 1.95.